The van der Waals surface area contributed by atoms with Crippen molar-refractivity contribution >= 4 is 0 Å². The molecule has 0 heterocycles. The maximum Gasteiger partial charge on any atom is -0.0348 e. The van der Waals surface area contributed by atoms with Crippen LogP contribution in [0.2, 0.25) is 0 Å². The molecule has 0 radical (unpaired) electrons. The van der Waals surface area contributed by atoms with Crippen LogP contribution in [0.5, 0.6) is 0 Å². The first-order valence-electron chi connectivity index (χ1n) is 12.3. The third-order valence-electron chi connectivity index (χ3n) is 5.41. The lowest BCUT2D eigenvalue weighted by Gasteiger charge is -2.19. The van der Waals surface area contributed by atoms with Crippen molar-refractivity contribution in [1.29, 1.82) is 0 Å². The Morgan fingerprint density at radius 1 is 0.464 bits per heavy atom. The van der Waals surface area contributed by atoms with Crippen LogP contribution in [0.3, 0.4) is 0 Å². The van der Waals surface area contributed by atoms with Gasteiger partial charge in [-0.3, -0.25) is 0 Å². The number of hydrogen-bond acceptors (Lipinski definition) is 0. The standard InChI is InChI=1S/C28H50/c1-5-7-9-11-13-15-17-19-21-23-25-28(27(3)4)26-24-22-20-18-16-14-12-10-8-6-2/h9-12,19-22,27-28H,5-8,13-18,23-26H2,1-4H3/b11-9+,12-10+,21-19+,22-20+. The normalized spacial score (nSPS) is 12.9. The molecular formula is C28H50. The summed E-state index contributed by atoms with van der Waals surface area (Å²) < 4.78 is 0. The molecule has 0 aromatic carbocycles. The van der Waals surface area contributed by atoms with E-state index in [0.717, 1.165) is 11.8 Å². The summed E-state index contributed by atoms with van der Waals surface area (Å²) in [7, 11) is 0. The van der Waals surface area contributed by atoms with Gasteiger partial charge in [-0.1, -0.05) is 89.1 Å². The summed E-state index contributed by atoms with van der Waals surface area (Å²) in [5.41, 5.74) is 0. The van der Waals surface area contributed by atoms with Gasteiger partial charge in [-0.15, -0.1) is 0 Å². The molecule has 162 valence electrons. The van der Waals surface area contributed by atoms with Gasteiger partial charge < -0.3 is 0 Å². The van der Waals surface area contributed by atoms with E-state index in [1.807, 2.05) is 0 Å². The molecule has 0 heteroatoms. The number of unbranched alkanes of at least 4 members (excludes halogenated alkanes) is 6. The Hall–Kier alpha value is -1.04. The van der Waals surface area contributed by atoms with Crippen molar-refractivity contribution in [2.24, 2.45) is 11.8 Å². The van der Waals surface area contributed by atoms with Crippen molar-refractivity contribution in [3.63, 3.8) is 0 Å². The van der Waals surface area contributed by atoms with Crippen molar-refractivity contribution in [1.82, 2.24) is 0 Å². The fourth-order valence-electron chi connectivity index (χ4n) is 3.41. The average molecular weight is 387 g/mol. The highest BCUT2D eigenvalue weighted by Crippen LogP contribution is 2.23. The summed E-state index contributed by atoms with van der Waals surface area (Å²) in [5, 5.41) is 0. The Labute approximate surface area is 178 Å². The van der Waals surface area contributed by atoms with Crippen LogP contribution in [0.4, 0.5) is 0 Å². The third kappa shape index (κ3) is 19.7. The van der Waals surface area contributed by atoms with Gasteiger partial charge in [-0.25, -0.2) is 0 Å². The van der Waals surface area contributed by atoms with Gasteiger partial charge in [0.05, 0.1) is 0 Å². The van der Waals surface area contributed by atoms with Gasteiger partial charge in [0, 0.05) is 0 Å². The molecule has 0 atom stereocenters. The minimum atomic E-state index is 0.800. The van der Waals surface area contributed by atoms with E-state index in [1.54, 1.807) is 0 Å². The van der Waals surface area contributed by atoms with E-state index in [9.17, 15) is 0 Å². The van der Waals surface area contributed by atoms with Crippen molar-refractivity contribution in [2.45, 2.75) is 118 Å². The molecule has 0 N–H and O–H groups in total. The van der Waals surface area contributed by atoms with Crippen LogP contribution >= 0.6 is 0 Å². The minimum Gasteiger partial charge on any atom is -0.0885 e. The number of allylic oxidation sites excluding steroid dienone is 8. The Morgan fingerprint density at radius 3 is 1.11 bits per heavy atom. The van der Waals surface area contributed by atoms with Crippen molar-refractivity contribution in [2.75, 3.05) is 0 Å². The van der Waals surface area contributed by atoms with Gasteiger partial charge >= 0.3 is 0 Å². The van der Waals surface area contributed by atoms with Crippen molar-refractivity contribution in [3.05, 3.63) is 48.6 Å². The molecule has 0 bridgehead atoms. The van der Waals surface area contributed by atoms with Crippen LogP contribution < -0.4 is 0 Å². The molecule has 0 saturated carbocycles. The largest absolute Gasteiger partial charge is 0.0885 e. The number of hydrogen-bond donors (Lipinski definition) is 0. The van der Waals surface area contributed by atoms with E-state index in [2.05, 4.69) is 76.3 Å². The molecule has 0 rings (SSSR count). The second-order valence-corrected chi connectivity index (χ2v) is 8.48. The lowest BCUT2D eigenvalue weighted by molar-refractivity contribution is 0.341. The molecule has 0 aliphatic carbocycles. The highest BCUT2D eigenvalue weighted by molar-refractivity contribution is 4.88. The van der Waals surface area contributed by atoms with Crippen LogP contribution in [-0.2, 0) is 0 Å². The fraction of sp³-hybridized carbons (Fsp3) is 0.714. The second kappa shape index (κ2) is 22.3. The van der Waals surface area contributed by atoms with Gasteiger partial charge in [0.25, 0.3) is 0 Å². The zero-order valence-electron chi connectivity index (χ0n) is 19.7. The van der Waals surface area contributed by atoms with Gasteiger partial charge in [-0.05, 0) is 88.9 Å². The van der Waals surface area contributed by atoms with Crippen LogP contribution in [-0.4, -0.2) is 0 Å². The molecular weight excluding hydrogens is 336 g/mol. The Morgan fingerprint density at radius 2 is 0.786 bits per heavy atom. The maximum absolute atomic E-state index is 2.42. The molecule has 0 aromatic rings. The summed E-state index contributed by atoms with van der Waals surface area (Å²) in [6, 6.07) is 0. The summed E-state index contributed by atoms with van der Waals surface area (Å²) in [5.74, 6) is 1.66. The van der Waals surface area contributed by atoms with E-state index in [0.29, 0.717) is 0 Å². The molecule has 0 spiro atoms. The Balaban J connectivity index is 3.75. The van der Waals surface area contributed by atoms with E-state index >= 15 is 0 Å². The smallest absolute Gasteiger partial charge is 0.0348 e. The lowest BCUT2D eigenvalue weighted by Crippen LogP contribution is -2.08. The summed E-state index contributed by atoms with van der Waals surface area (Å²) in [4.78, 5) is 0. The first-order chi connectivity index (χ1) is 13.7. The van der Waals surface area contributed by atoms with Crippen LogP contribution in [0, 0.1) is 11.8 Å². The molecule has 0 aliphatic rings. The highest BCUT2D eigenvalue weighted by atomic mass is 14.2. The molecule has 0 fully saturated rings. The van der Waals surface area contributed by atoms with E-state index in [-0.39, 0.29) is 0 Å². The third-order valence-corrected chi connectivity index (χ3v) is 5.41. The van der Waals surface area contributed by atoms with Crippen LogP contribution in [0.1, 0.15) is 118 Å². The predicted molar refractivity (Wildman–Crippen MR) is 131 cm³/mol. The molecule has 0 aliphatic heterocycles. The maximum atomic E-state index is 2.42. The van der Waals surface area contributed by atoms with E-state index in [1.165, 1.54) is 89.9 Å². The van der Waals surface area contributed by atoms with Gasteiger partial charge in [-0.2, -0.15) is 0 Å². The summed E-state index contributed by atoms with van der Waals surface area (Å²) in [6.07, 6.45) is 36.7. The predicted octanol–water partition coefficient (Wildman–Crippen LogP) is 9.98. The molecule has 0 unspecified atom stereocenters. The number of rotatable bonds is 19. The zero-order valence-corrected chi connectivity index (χ0v) is 19.7. The van der Waals surface area contributed by atoms with E-state index < -0.39 is 0 Å². The SMILES string of the molecule is CCC/C=C/CCC/C=C/CCC(CC/C=C/CCC/C=C/CCC)C(C)C. The average Bonchev–Trinajstić information content (AvgIpc) is 2.68. The monoisotopic (exact) mass is 386 g/mol. The minimum absolute atomic E-state index is 0.800. The van der Waals surface area contributed by atoms with Gasteiger partial charge in [0.15, 0.2) is 0 Å². The van der Waals surface area contributed by atoms with Crippen molar-refractivity contribution in [3.8, 4) is 0 Å². The highest BCUT2D eigenvalue weighted by Gasteiger charge is 2.11. The molecule has 0 saturated heterocycles. The molecule has 0 amide bonds. The van der Waals surface area contributed by atoms with Crippen LogP contribution in [0.15, 0.2) is 48.6 Å². The quantitative estimate of drug-likeness (QED) is 0.153. The molecule has 28 heavy (non-hydrogen) atoms. The summed E-state index contributed by atoms with van der Waals surface area (Å²) >= 11 is 0. The zero-order chi connectivity index (χ0) is 20.7. The molecule has 0 nitrogen and oxygen atoms in total. The first-order valence-corrected chi connectivity index (χ1v) is 12.3. The fourth-order valence-corrected chi connectivity index (χ4v) is 3.41. The topological polar surface area (TPSA) is 0 Å². The second-order valence-electron chi connectivity index (χ2n) is 8.48. The first kappa shape index (κ1) is 27.0. The van der Waals surface area contributed by atoms with Crippen molar-refractivity contribution < 1.29 is 0 Å². The molecule has 0 aromatic heterocycles. The lowest BCUT2D eigenvalue weighted by atomic mass is 9.87. The Kier molecular flexibility index (Phi) is 21.4. The van der Waals surface area contributed by atoms with Crippen LogP contribution in [0.25, 0.3) is 0 Å². The summed E-state index contributed by atoms with van der Waals surface area (Å²) in [6.45, 7) is 9.26. The van der Waals surface area contributed by atoms with E-state index in [4.69, 9.17) is 0 Å². The van der Waals surface area contributed by atoms with Gasteiger partial charge in [0.2, 0.25) is 0 Å². The van der Waals surface area contributed by atoms with Gasteiger partial charge in [0.1, 0.15) is 0 Å². The Bertz CT molecular complexity index is 372.